The highest BCUT2D eigenvalue weighted by molar-refractivity contribution is 5.03. The van der Waals surface area contributed by atoms with Crippen molar-refractivity contribution in [2.75, 3.05) is 0 Å². The molecule has 0 aromatic carbocycles. The first-order valence-corrected chi connectivity index (χ1v) is 9.83. The van der Waals surface area contributed by atoms with Crippen LogP contribution in [-0.4, -0.2) is 0 Å². The van der Waals surface area contributed by atoms with E-state index < -0.39 is 0 Å². The number of rotatable bonds is 3. The van der Waals surface area contributed by atoms with Crippen LogP contribution in [0.4, 0.5) is 0 Å². The zero-order valence-electron chi connectivity index (χ0n) is 13.9. The van der Waals surface area contributed by atoms with Gasteiger partial charge in [0.15, 0.2) is 0 Å². The van der Waals surface area contributed by atoms with Crippen molar-refractivity contribution >= 4 is 0 Å². The largest absolute Gasteiger partial charge is 0.0648 e. The standard InChI is InChI=1S/C20H36/c1-2-19(14-8-4-9-15-19)20(16-10-5-11-17-20)18-12-6-3-7-13-18/h18H,2-17H2,1H3. The van der Waals surface area contributed by atoms with Crippen molar-refractivity contribution in [3.63, 3.8) is 0 Å². The minimum Gasteiger partial charge on any atom is -0.0648 e. The summed E-state index contributed by atoms with van der Waals surface area (Å²) in [7, 11) is 0. The van der Waals surface area contributed by atoms with Crippen LogP contribution in [0.25, 0.3) is 0 Å². The molecule has 3 aliphatic rings. The topological polar surface area (TPSA) is 0 Å². The van der Waals surface area contributed by atoms with E-state index in [1.807, 2.05) is 0 Å². The summed E-state index contributed by atoms with van der Waals surface area (Å²) in [6, 6.07) is 0. The Labute approximate surface area is 127 Å². The van der Waals surface area contributed by atoms with Crippen molar-refractivity contribution in [3.8, 4) is 0 Å². The summed E-state index contributed by atoms with van der Waals surface area (Å²) in [4.78, 5) is 0. The first-order chi connectivity index (χ1) is 9.83. The molecule has 0 aromatic heterocycles. The van der Waals surface area contributed by atoms with Crippen LogP contribution >= 0.6 is 0 Å². The Hall–Kier alpha value is 0. The second-order valence-corrected chi connectivity index (χ2v) is 8.25. The third kappa shape index (κ3) is 2.46. The second-order valence-electron chi connectivity index (χ2n) is 8.25. The average Bonchev–Trinajstić information content (AvgIpc) is 2.57. The molecule has 0 saturated heterocycles. The smallest absolute Gasteiger partial charge is 0.0213 e. The maximum absolute atomic E-state index is 2.53. The fraction of sp³-hybridized carbons (Fsp3) is 1.00. The van der Waals surface area contributed by atoms with Gasteiger partial charge in [0, 0.05) is 0 Å². The van der Waals surface area contributed by atoms with Gasteiger partial charge >= 0.3 is 0 Å². The molecule has 0 bridgehead atoms. The highest BCUT2D eigenvalue weighted by Crippen LogP contribution is 2.64. The summed E-state index contributed by atoms with van der Waals surface area (Å²) in [6.07, 6.45) is 24.7. The Morgan fingerprint density at radius 2 is 1.15 bits per heavy atom. The summed E-state index contributed by atoms with van der Waals surface area (Å²) in [5.41, 5.74) is 1.51. The second kappa shape index (κ2) is 6.41. The van der Waals surface area contributed by atoms with Crippen LogP contribution < -0.4 is 0 Å². The van der Waals surface area contributed by atoms with E-state index in [1.165, 1.54) is 64.2 Å². The number of hydrogen-bond donors (Lipinski definition) is 0. The van der Waals surface area contributed by atoms with Crippen LogP contribution in [0.15, 0.2) is 0 Å². The Bertz CT molecular complexity index is 285. The minimum atomic E-state index is 0.744. The SMILES string of the molecule is CCC1(C2(C3CCCCC3)CCCCC2)CCCCC1. The molecule has 116 valence electrons. The average molecular weight is 277 g/mol. The fourth-order valence-corrected chi connectivity index (χ4v) is 6.64. The molecule has 0 heterocycles. The van der Waals surface area contributed by atoms with Crippen molar-refractivity contribution in [2.45, 2.75) is 110 Å². The minimum absolute atomic E-state index is 0.744. The molecular weight excluding hydrogens is 240 g/mol. The van der Waals surface area contributed by atoms with Crippen molar-refractivity contribution in [2.24, 2.45) is 16.7 Å². The van der Waals surface area contributed by atoms with Crippen LogP contribution in [0, 0.1) is 16.7 Å². The van der Waals surface area contributed by atoms with E-state index in [9.17, 15) is 0 Å². The van der Waals surface area contributed by atoms with Crippen LogP contribution in [0.5, 0.6) is 0 Å². The Morgan fingerprint density at radius 3 is 1.70 bits per heavy atom. The van der Waals surface area contributed by atoms with Gasteiger partial charge in [0.25, 0.3) is 0 Å². The third-order valence-corrected chi connectivity index (χ3v) is 7.68. The summed E-state index contributed by atoms with van der Waals surface area (Å²) >= 11 is 0. The molecule has 0 unspecified atom stereocenters. The molecule has 20 heavy (non-hydrogen) atoms. The van der Waals surface area contributed by atoms with Crippen molar-refractivity contribution in [1.82, 2.24) is 0 Å². The highest BCUT2D eigenvalue weighted by Gasteiger charge is 2.53. The van der Waals surface area contributed by atoms with Gasteiger partial charge in [0.05, 0.1) is 0 Å². The molecule has 3 aliphatic carbocycles. The molecule has 3 rings (SSSR count). The van der Waals surface area contributed by atoms with Crippen molar-refractivity contribution < 1.29 is 0 Å². The maximum atomic E-state index is 2.53. The lowest BCUT2D eigenvalue weighted by Crippen LogP contribution is -2.50. The number of hydrogen-bond acceptors (Lipinski definition) is 0. The summed E-state index contributed by atoms with van der Waals surface area (Å²) < 4.78 is 0. The van der Waals surface area contributed by atoms with Gasteiger partial charge in [-0.2, -0.15) is 0 Å². The maximum Gasteiger partial charge on any atom is -0.0213 e. The summed E-state index contributed by atoms with van der Waals surface area (Å²) in [5.74, 6) is 1.09. The van der Waals surface area contributed by atoms with E-state index in [-0.39, 0.29) is 0 Å². The van der Waals surface area contributed by atoms with E-state index in [1.54, 1.807) is 38.5 Å². The van der Waals surface area contributed by atoms with Crippen LogP contribution in [0.3, 0.4) is 0 Å². The first-order valence-electron chi connectivity index (χ1n) is 9.83. The summed E-state index contributed by atoms with van der Waals surface area (Å²) in [6.45, 7) is 2.53. The molecule has 3 saturated carbocycles. The summed E-state index contributed by atoms with van der Waals surface area (Å²) in [5, 5.41) is 0. The molecule has 0 amide bonds. The van der Waals surface area contributed by atoms with E-state index in [4.69, 9.17) is 0 Å². The zero-order chi connectivity index (χ0) is 13.9. The normalized spacial score (nSPS) is 31.1. The monoisotopic (exact) mass is 276 g/mol. The molecule has 0 atom stereocenters. The molecule has 0 N–H and O–H groups in total. The van der Waals surface area contributed by atoms with Crippen molar-refractivity contribution in [3.05, 3.63) is 0 Å². The van der Waals surface area contributed by atoms with Gasteiger partial charge in [0.2, 0.25) is 0 Å². The van der Waals surface area contributed by atoms with E-state index in [0.717, 1.165) is 16.7 Å². The van der Waals surface area contributed by atoms with E-state index in [0.29, 0.717) is 0 Å². The zero-order valence-corrected chi connectivity index (χ0v) is 13.9. The lowest BCUT2D eigenvalue weighted by atomic mass is 9.45. The van der Waals surface area contributed by atoms with Gasteiger partial charge in [-0.25, -0.2) is 0 Å². The van der Waals surface area contributed by atoms with Crippen LogP contribution in [0.2, 0.25) is 0 Å². The van der Waals surface area contributed by atoms with E-state index in [2.05, 4.69) is 6.92 Å². The Balaban J connectivity index is 1.90. The highest BCUT2D eigenvalue weighted by atomic mass is 14.6. The van der Waals surface area contributed by atoms with Gasteiger partial charge in [-0.3, -0.25) is 0 Å². The Morgan fingerprint density at radius 1 is 0.650 bits per heavy atom. The van der Waals surface area contributed by atoms with Crippen LogP contribution in [-0.2, 0) is 0 Å². The lowest BCUT2D eigenvalue weighted by Gasteiger charge is -2.59. The Kier molecular flexibility index (Phi) is 4.78. The predicted molar refractivity (Wildman–Crippen MR) is 87.9 cm³/mol. The van der Waals surface area contributed by atoms with Gasteiger partial charge in [-0.15, -0.1) is 0 Å². The molecule has 0 heteroatoms. The van der Waals surface area contributed by atoms with Gasteiger partial charge in [-0.05, 0) is 61.7 Å². The first kappa shape index (κ1) is 14.9. The lowest BCUT2D eigenvalue weighted by molar-refractivity contribution is -0.0933. The van der Waals surface area contributed by atoms with Crippen LogP contribution in [0.1, 0.15) is 110 Å². The van der Waals surface area contributed by atoms with Gasteiger partial charge < -0.3 is 0 Å². The van der Waals surface area contributed by atoms with Gasteiger partial charge in [-0.1, -0.05) is 64.7 Å². The third-order valence-electron chi connectivity index (χ3n) is 7.68. The predicted octanol–water partition coefficient (Wildman–Crippen LogP) is 6.88. The molecule has 0 radical (unpaired) electrons. The molecule has 3 fully saturated rings. The fourth-order valence-electron chi connectivity index (χ4n) is 6.64. The molecule has 0 aliphatic heterocycles. The molecule has 0 spiro atoms. The molecule has 0 aromatic rings. The van der Waals surface area contributed by atoms with Crippen molar-refractivity contribution in [1.29, 1.82) is 0 Å². The quantitative estimate of drug-likeness (QED) is 0.527. The van der Waals surface area contributed by atoms with E-state index >= 15 is 0 Å². The molecule has 0 nitrogen and oxygen atoms in total. The van der Waals surface area contributed by atoms with Gasteiger partial charge in [0.1, 0.15) is 0 Å². The molecular formula is C20H36.